The molecule has 0 aliphatic carbocycles. The Labute approximate surface area is 168 Å². The van der Waals surface area contributed by atoms with Crippen molar-refractivity contribution in [1.29, 1.82) is 0 Å². The average Bonchev–Trinajstić information content (AvgIpc) is 2.79. The maximum atomic E-state index is 13.1. The van der Waals surface area contributed by atoms with Crippen LogP contribution in [0, 0.1) is 0 Å². The number of ether oxygens (including phenoxy) is 1. The predicted octanol–water partition coefficient (Wildman–Crippen LogP) is 4.94. The molecule has 0 saturated carbocycles. The molecule has 0 radical (unpaired) electrons. The van der Waals surface area contributed by atoms with Gasteiger partial charge in [-0.2, -0.15) is 0 Å². The Hall–Kier alpha value is -3.99. The largest absolute Gasteiger partial charge is 0.465 e. The van der Waals surface area contributed by atoms with Crippen molar-refractivity contribution in [3.63, 3.8) is 0 Å². The highest BCUT2D eigenvalue weighted by Gasteiger charge is 2.17. The highest BCUT2D eigenvalue weighted by atomic mass is 16.5. The van der Waals surface area contributed by atoms with E-state index in [0.29, 0.717) is 22.4 Å². The molecule has 1 amide bonds. The lowest BCUT2D eigenvalue weighted by atomic mass is 9.96. The summed E-state index contributed by atoms with van der Waals surface area (Å²) < 4.78 is 4.82. The average molecular weight is 382 g/mol. The number of amides is 1. The molecule has 0 atom stereocenters. The molecule has 0 saturated heterocycles. The third-order valence-electron chi connectivity index (χ3n) is 4.65. The highest BCUT2D eigenvalue weighted by Crippen LogP contribution is 2.27. The van der Waals surface area contributed by atoms with E-state index in [9.17, 15) is 9.59 Å². The van der Waals surface area contributed by atoms with Crippen molar-refractivity contribution in [3.05, 3.63) is 96.2 Å². The maximum absolute atomic E-state index is 13.1. The third-order valence-corrected chi connectivity index (χ3v) is 4.65. The van der Waals surface area contributed by atoms with E-state index < -0.39 is 5.97 Å². The van der Waals surface area contributed by atoms with Gasteiger partial charge in [-0.05, 0) is 41.5 Å². The first-order chi connectivity index (χ1) is 14.2. The normalized spacial score (nSPS) is 10.5. The van der Waals surface area contributed by atoms with Crippen molar-refractivity contribution in [3.8, 4) is 11.1 Å². The fourth-order valence-electron chi connectivity index (χ4n) is 3.24. The second-order valence-corrected chi connectivity index (χ2v) is 6.45. The Bertz CT molecular complexity index is 1200. The molecule has 5 heteroatoms. The molecule has 0 fully saturated rings. The van der Waals surface area contributed by atoms with Gasteiger partial charge in [-0.1, -0.05) is 48.5 Å². The van der Waals surface area contributed by atoms with E-state index in [0.717, 1.165) is 16.5 Å². The van der Waals surface area contributed by atoms with Crippen LogP contribution in [0.1, 0.15) is 20.7 Å². The summed E-state index contributed by atoms with van der Waals surface area (Å²) in [6.07, 6.45) is 1.69. The zero-order chi connectivity index (χ0) is 20.2. The van der Waals surface area contributed by atoms with Crippen molar-refractivity contribution in [2.24, 2.45) is 0 Å². The number of anilines is 1. The van der Waals surface area contributed by atoms with Crippen LogP contribution in [-0.2, 0) is 4.74 Å². The van der Waals surface area contributed by atoms with E-state index in [1.54, 1.807) is 24.4 Å². The van der Waals surface area contributed by atoms with Gasteiger partial charge in [0.25, 0.3) is 5.91 Å². The quantitative estimate of drug-likeness (QED) is 0.508. The summed E-state index contributed by atoms with van der Waals surface area (Å²) in [6.45, 7) is 0. The first-order valence-corrected chi connectivity index (χ1v) is 9.10. The molecule has 29 heavy (non-hydrogen) atoms. The molecule has 1 heterocycles. The monoisotopic (exact) mass is 382 g/mol. The molecule has 4 rings (SSSR count). The smallest absolute Gasteiger partial charge is 0.337 e. The lowest BCUT2D eigenvalue weighted by molar-refractivity contribution is 0.0600. The van der Waals surface area contributed by atoms with Crippen molar-refractivity contribution in [1.82, 2.24) is 4.98 Å². The molecule has 1 N–H and O–H groups in total. The van der Waals surface area contributed by atoms with Gasteiger partial charge in [0.05, 0.1) is 23.9 Å². The summed E-state index contributed by atoms with van der Waals surface area (Å²) in [5.41, 5.74) is 3.67. The standard InChI is InChI=1S/C24H18N2O3/c1-29-24(28)18-12-13-19(20(15-18)16-7-3-2-4-8-16)23(27)26-21-11-5-9-17-10-6-14-25-22(17)21/h2-15H,1H3,(H,26,27). The molecule has 0 aliphatic rings. The van der Waals surface area contributed by atoms with E-state index in [1.807, 2.05) is 60.7 Å². The molecular formula is C24H18N2O3. The van der Waals surface area contributed by atoms with Gasteiger partial charge >= 0.3 is 5.97 Å². The zero-order valence-corrected chi connectivity index (χ0v) is 15.8. The number of carbonyl (C=O) groups is 2. The van der Waals surface area contributed by atoms with Crippen LogP contribution in [0.4, 0.5) is 5.69 Å². The van der Waals surface area contributed by atoms with Crippen molar-refractivity contribution in [2.45, 2.75) is 0 Å². The van der Waals surface area contributed by atoms with E-state index in [-0.39, 0.29) is 5.91 Å². The number of nitrogens with zero attached hydrogens (tertiary/aromatic N) is 1. The number of para-hydroxylation sites is 1. The summed E-state index contributed by atoms with van der Waals surface area (Å²) in [7, 11) is 1.33. The van der Waals surface area contributed by atoms with Gasteiger partial charge in [-0.15, -0.1) is 0 Å². The minimum absolute atomic E-state index is 0.279. The van der Waals surface area contributed by atoms with Crippen molar-refractivity contribution in [2.75, 3.05) is 12.4 Å². The highest BCUT2D eigenvalue weighted by molar-refractivity contribution is 6.12. The van der Waals surface area contributed by atoms with Gasteiger partial charge in [-0.3, -0.25) is 9.78 Å². The predicted molar refractivity (Wildman–Crippen MR) is 113 cm³/mol. The SMILES string of the molecule is COC(=O)c1ccc(C(=O)Nc2cccc3cccnc23)c(-c2ccccc2)c1. The van der Waals surface area contributed by atoms with Gasteiger partial charge in [0.2, 0.25) is 0 Å². The Morgan fingerprint density at radius 3 is 2.48 bits per heavy atom. The topological polar surface area (TPSA) is 68.3 Å². The fraction of sp³-hybridized carbons (Fsp3) is 0.0417. The first kappa shape index (κ1) is 18.4. The van der Waals surface area contributed by atoms with E-state index >= 15 is 0 Å². The van der Waals surface area contributed by atoms with Gasteiger partial charge in [0.15, 0.2) is 0 Å². The van der Waals surface area contributed by atoms with Gasteiger partial charge in [0.1, 0.15) is 0 Å². The summed E-state index contributed by atoms with van der Waals surface area (Å²) >= 11 is 0. The molecular weight excluding hydrogens is 364 g/mol. The van der Waals surface area contributed by atoms with Gasteiger partial charge in [-0.25, -0.2) is 4.79 Å². The molecule has 1 aromatic heterocycles. The van der Waals surface area contributed by atoms with Crippen molar-refractivity contribution < 1.29 is 14.3 Å². The van der Waals surface area contributed by atoms with Crippen molar-refractivity contribution >= 4 is 28.5 Å². The number of hydrogen-bond donors (Lipinski definition) is 1. The van der Waals surface area contributed by atoms with Crippen LogP contribution in [0.15, 0.2) is 85.1 Å². The van der Waals surface area contributed by atoms with Crippen LogP contribution in [0.3, 0.4) is 0 Å². The van der Waals surface area contributed by atoms with Crippen LogP contribution >= 0.6 is 0 Å². The molecule has 5 nitrogen and oxygen atoms in total. The lowest BCUT2D eigenvalue weighted by Crippen LogP contribution is -2.14. The Morgan fingerprint density at radius 1 is 0.897 bits per heavy atom. The zero-order valence-electron chi connectivity index (χ0n) is 15.8. The number of pyridine rings is 1. The Morgan fingerprint density at radius 2 is 1.69 bits per heavy atom. The Kier molecular flexibility index (Phi) is 5.03. The summed E-state index contributed by atoms with van der Waals surface area (Å²) in [6, 6.07) is 23.8. The molecule has 0 unspecified atom stereocenters. The number of hydrogen-bond acceptors (Lipinski definition) is 4. The van der Waals surface area contributed by atoms with E-state index in [1.165, 1.54) is 7.11 Å². The summed E-state index contributed by atoms with van der Waals surface area (Å²) in [5, 5.41) is 3.90. The molecule has 0 spiro atoms. The minimum atomic E-state index is -0.451. The number of methoxy groups -OCH3 is 1. The molecule has 142 valence electrons. The second kappa shape index (κ2) is 7.94. The van der Waals surface area contributed by atoms with E-state index in [4.69, 9.17) is 4.74 Å². The summed E-state index contributed by atoms with van der Waals surface area (Å²) in [5.74, 6) is -0.731. The second-order valence-electron chi connectivity index (χ2n) is 6.45. The molecule has 3 aromatic carbocycles. The fourth-order valence-corrected chi connectivity index (χ4v) is 3.24. The van der Waals surface area contributed by atoms with Crippen LogP contribution in [-0.4, -0.2) is 24.0 Å². The first-order valence-electron chi connectivity index (χ1n) is 9.10. The van der Waals surface area contributed by atoms with Crippen LogP contribution in [0.2, 0.25) is 0 Å². The molecule has 4 aromatic rings. The lowest BCUT2D eigenvalue weighted by Gasteiger charge is -2.13. The molecule has 0 aliphatic heterocycles. The number of fused-ring (bicyclic) bond motifs is 1. The summed E-state index contributed by atoms with van der Waals surface area (Å²) in [4.78, 5) is 29.5. The number of aromatic nitrogens is 1. The number of benzene rings is 3. The minimum Gasteiger partial charge on any atom is -0.465 e. The van der Waals surface area contributed by atoms with Crippen LogP contribution < -0.4 is 5.32 Å². The maximum Gasteiger partial charge on any atom is 0.337 e. The van der Waals surface area contributed by atoms with Crippen LogP contribution in [0.5, 0.6) is 0 Å². The Balaban J connectivity index is 1.77. The van der Waals surface area contributed by atoms with Crippen LogP contribution in [0.25, 0.3) is 22.0 Å². The third kappa shape index (κ3) is 3.71. The molecule has 0 bridgehead atoms. The number of rotatable bonds is 4. The number of esters is 1. The van der Waals surface area contributed by atoms with Gasteiger partial charge in [0, 0.05) is 17.1 Å². The number of carbonyl (C=O) groups excluding carboxylic acids is 2. The number of nitrogens with one attached hydrogen (secondary N) is 1. The van der Waals surface area contributed by atoms with E-state index in [2.05, 4.69) is 10.3 Å². The van der Waals surface area contributed by atoms with Gasteiger partial charge < -0.3 is 10.1 Å².